The molecule has 1 saturated carbocycles. The highest BCUT2D eigenvalue weighted by Crippen LogP contribution is 2.39. The van der Waals surface area contributed by atoms with Crippen molar-refractivity contribution in [3.63, 3.8) is 0 Å². The van der Waals surface area contributed by atoms with Crippen LogP contribution < -0.4 is 0 Å². The second-order valence-corrected chi connectivity index (χ2v) is 4.58. The zero-order chi connectivity index (χ0) is 11.5. The van der Waals surface area contributed by atoms with Gasteiger partial charge in [0.15, 0.2) is 5.60 Å². The van der Waals surface area contributed by atoms with Gasteiger partial charge in [-0.15, -0.1) is 0 Å². The third-order valence-electron chi connectivity index (χ3n) is 3.37. The minimum atomic E-state index is -1.28. The van der Waals surface area contributed by atoms with Crippen LogP contribution in [0.4, 0.5) is 0 Å². The molecule has 0 bridgehead atoms. The van der Waals surface area contributed by atoms with E-state index >= 15 is 0 Å². The van der Waals surface area contributed by atoms with Gasteiger partial charge < -0.3 is 9.84 Å². The van der Waals surface area contributed by atoms with Crippen molar-refractivity contribution in [1.29, 1.82) is 0 Å². The lowest BCUT2D eigenvalue weighted by Gasteiger charge is -2.30. The molecular weight excluding hydrogens is 192 g/mol. The fourth-order valence-corrected chi connectivity index (χ4v) is 2.00. The van der Waals surface area contributed by atoms with Gasteiger partial charge in [0.05, 0.1) is 6.61 Å². The van der Waals surface area contributed by atoms with Crippen molar-refractivity contribution in [2.75, 3.05) is 6.61 Å². The first-order chi connectivity index (χ1) is 7.04. The van der Waals surface area contributed by atoms with E-state index in [0.717, 1.165) is 6.42 Å². The molecule has 0 saturated heterocycles. The Balaban J connectivity index is 2.58. The lowest BCUT2D eigenvalue weighted by molar-refractivity contribution is -0.171. The van der Waals surface area contributed by atoms with Crippen LogP contribution in [0.3, 0.4) is 0 Å². The van der Waals surface area contributed by atoms with E-state index in [1.807, 2.05) is 13.8 Å². The molecule has 15 heavy (non-hydrogen) atoms. The van der Waals surface area contributed by atoms with Gasteiger partial charge in [-0.2, -0.15) is 0 Å². The van der Waals surface area contributed by atoms with Crippen LogP contribution in [0, 0.1) is 11.8 Å². The van der Waals surface area contributed by atoms with Crippen molar-refractivity contribution in [1.82, 2.24) is 0 Å². The zero-order valence-corrected chi connectivity index (χ0v) is 9.95. The van der Waals surface area contributed by atoms with Crippen molar-refractivity contribution in [2.24, 2.45) is 11.8 Å². The molecule has 0 spiro atoms. The molecule has 0 amide bonds. The standard InChI is InChI=1S/C12H22O3/c1-4-12(14,11(13)15-5-2)9(3)8-10-6-7-10/h9-10,14H,4-8H2,1-3H3. The lowest BCUT2D eigenvalue weighted by Crippen LogP contribution is -2.45. The summed E-state index contributed by atoms with van der Waals surface area (Å²) in [6.07, 6.45) is 3.85. The molecule has 0 radical (unpaired) electrons. The molecule has 1 aliphatic carbocycles. The smallest absolute Gasteiger partial charge is 0.338 e. The number of esters is 1. The van der Waals surface area contributed by atoms with Gasteiger partial charge in [0.25, 0.3) is 0 Å². The van der Waals surface area contributed by atoms with Crippen LogP contribution >= 0.6 is 0 Å². The van der Waals surface area contributed by atoms with Crippen LogP contribution in [0.2, 0.25) is 0 Å². The molecule has 88 valence electrons. The van der Waals surface area contributed by atoms with Crippen molar-refractivity contribution in [3.05, 3.63) is 0 Å². The van der Waals surface area contributed by atoms with Gasteiger partial charge in [0, 0.05) is 0 Å². The number of carbonyl (C=O) groups is 1. The summed E-state index contributed by atoms with van der Waals surface area (Å²) in [5, 5.41) is 10.3. The van der Waals surface area contributed by atoms with E-state index in [1.165, 1.54) is 12.8 Å². The van der Waals surface area contributed by atoms with Crippen LogP contribution in [0.15, 0.2) is 0 Å². The van der Waals surface area contributed by atoms with Crippen molar-refractivity contribution in [2.45, 2.75) is 52.1 Å². The number of ether oxygens (including phenoxy) is 1. The highest BCUT2D eigenvalue weighted by atomic mass is 16.5. The third-order valence-corrected chi connectivity index (χ3v) is 3.37. The first-order valence-electron chi connectivity index (χ1n) is 5.94. The highest BCUT2D eigenvalue weighted by Gasteiger charge is 2.43. The molecule has 0 heterocycles. The summed E-state index contributed by atoms with van der Waals surface area (Å²) in [5.41, 5.74) is -1.28. The van der Waals surface area contributed by atoms with E-state index in [1.54, 1.807) is 6.92 Å². The maximum Gasteiger partial charge on any atom is 0.338 e. The van der Waals surface area contributed by atoms with Gasteiger partial charge in [0.1, 0.15) is 0 Å². The molecule has 0 aromatic rings. The quantitative estimate of drug-likeness (QED) is 0.689. The Morgan fingerprint density at radius 1 is 1.53 bits per heavy atom. The fourth-order valence-electron chi connectivity index (χ4n) is 2.00. The number of carbonyl (C=O) groups excluding carboxylic acids is 1. The van der Waals surface area contributed by atoms with Gasteiger partial charge in [-0.25, -0.2) is 4.79 Å². The van der Waals surface area contributed by atoms with Crippen LogP contribution in [0.1, 0.15) is 46.5 Å². The van der Waals surface area contributed by atoms with Crippen LogP contribution in [0.5, 0.6) is 0 Å². The Labute approximate surface area is 91.8 Å². The Morgan fingerprint density at radius 2 is 2.13 bits per heavy atom. The lowest BCUT2D eigenvalue weighted by atomic mass is 9.83. The predicted octanol–water partition coefficient (Wildman–Crippen LogP) is 2.13. The Bertz CT molecular complexity index is 223. The Kier molecular flexibility index (Phi) is 4.14. The molecular formula is C12H22O3. The summed E-state index contributed by atoms with van der Waals surface area (Å²) in [6.45, 7) is 5.87. The summed E-state index contributed by atoms with van der Waals surface area (Å²) in [6, 6.07) is 0. The summed E-state index contributed by atoms with van der Waals surface area (Å²) in [5.74, 6) is 0.252. The second kappa shape index (κ2) is 4.97. The first-order valence-corrected chi connectivity index (χ1v) is 5.94. The zero-order valence-electron chi connectivity index (χ0n) is 9.95. The van der Waals surface area contributed by atoms with Gasteiger partial charge in [-0.3, -0.25) is 0 Å². The Morgan fingerprint density at radius 3 is 2.53 bits per heavy atom. The SMILES string of the molecule is CCOC(=O)C(O)(CC)C(C)CC1CC1. The van der Waals surface area contributed by atoms with Gasteiger partial charge in [0.2, 0.25) is 0 Å². The first kappa shape index (κ1) is 12.5. The van der Waals surface area contributed by atoms with Crippen LogP contribution in [0.25, 0.3) is 0 Å². The molecule has 1 rings (SSSR count). The third kappa shape index (κ3) is 2.94. The average molecular weight is 214 g/mol. The largest absolute Gasteiger partial charge is 0.464 e. The van der Waals surface area contributed by atoms with E-state index in [0.29, 0.717) is 18.9 Å². The molecule has 0 aromatic heterocycles. The maximum absolute atomic E-state index is 11.7. The van der Waals surface area contributed by atoms with Crippen molar-refractivity contribution < 1.29 is 14.6 Å². The highest BCUT2D eigenvalue weighted by molar-refractivity contribution is 5.79. The van der Waals surface area contributed by atoms with E-state index in [-0.39, 0.29) is 5.92 Å². The van der Waals surface area contributed by atoms with Gasteiger partial charge >= 0.3 is 5.97 Å². The summed E-state index contributed by atoms with van der Waals surface area (Å²) >= 11 is 0. The summed E-state index contributed by atoms with van der Waals surface area (Å²) in [7, 11) is 0. The minimum Gasteiger partial charge on any atom is -0.464 e. The molecule has 2 unspecified atom stereocenters. The average Bonchev–Trinajstić information content (AvgIpc) is 3.00. The number of hydrogen-bond acceptors (Lipinski definition) is 3. The minimum absolute atomic E-state index is 0.00551. The predicted molar refractivity (Wildman–Crippen MR) is 58.4 cm³/mol. The summed E-state index contributed by atoms with van der Waals surface area (Å²) < 4.78 is 4.93. The normalized spacial score (nSPS) is 21.9. The van der Waals surface area contributed by atoms with E-state index < -0.39 is 11.6 Å². The summed E-state index contributed by atoms with van der Waals surface area (Å²) in [4.78, 5) is 11.7. The van der Waals surface area contributed by atoms with Crippen LogP contribution in [-0.4, -0.2) is 23.3 Å². The van der Waals surface area contributed by atoms with Gasteiger partial charge in [-0.05, 0) is 31.6 Å². The Hall–Kier alpha value is -0.570. The molecule has 2 atom stereocenters. The molecule has 0 aliphatic heterocycles. The molecule has 1 N–H and O–H groups in total. The van der Waals surface area contributed by atoms with E-state index in [4.69, 9.17) is 4.74 Å². The number of rotatable bonds is 6. The van der Waals surface area contributed by atoms with E-state index in [9.17, 15) is 9.90 Å². The monoisotopic (exact) mass is 214 g/mol. The molecule has 0 aromatic carbocycles. The second-order valence-electron chi connectivity index (χ2n) is 4.58. The molecule has 1 aliphatic rings. The van der Waals surface area contributed by atoms with Crippen molar-refractivity contribution >= 4 is 5.97 Å². The van der Waals surface area contributed by atoms with Crippen LogP contribution in [-0.2, 0) is 9.53 Å². The fraction of sp³-hybridized carbons (Fsp3) is 0.917. The molecule has 3 nitrogen and oxygen atoms in total. The molecule has 3 heteroatoms. The van der Waals surface area contributed by atoms with Gasteiger partial charge in [-0.1, -0.05) is 26.7 Å². The topological polar surface area (TPSA) is 46.5 Å². The number of hydrogen-bond donors (Lipinski definition) is 1. The maximum atomic E-state index is 11.7. The van der Waals surface area contributed by atoms with E-state index in [2.05, 4.69) is 0 Å². The molecule has 1 fully saturated rings. The number of aliphatic hydroxyl groups is 1. The van der Waals surface area contributed by atoms with Crippen molar-refractivity contribution in [3.8, 4) is 0 Å².